The Morgan fingerprint density at radius 1 is 1.38 bits per heavy atom. The Kier molecular flexibility index (Phi) is 4.74. The van der Waals surface area contributed by atoms with Gasteiger partial charge in [-0.2, -0.15) is 5.10 Å². The molecule has 0 aliphatic carbocycles. The third-order valence-corrected chi connectivity index (χ3v) is 3.14. The second-order valence-electron chi connectivity index (χ2n) is 4.51. The summed E-state index contributed by atoms with van der Waals surface area (Å²) in [4.78, 5) is 16.4. The molecule has 21 heavy (non-hydrogen) atoms. The molecule has 0 atom stereocenters. The minimum Gasteiger partial charge on any atom is -0.462 e. The van der Waals surface area contributed by atoms with E-state index in [1.807, 2.05) is 6.92 Å². The van der Waals surface area contributed by atoms with Crippen LogP contribution in [-0.4, -0.2) is 40.6 Å². The van der Waals surface area contributed by atoms with Crippen LogP contribution in [0.15, 0.2) is 6.20 Å². The van der Waals surface area contributed by atoms with Crippen molar-refractivity contribution >= 4 is 22.7 Å². The van der Waals surface area contributed by atoms with Gasteiger partial charge >= 0.3 is 5.97 Å². The van der Waals surface area contributed by atoms with Gasteiger partial charge in [-0.15, -0.1) is 0 Å². The van der Waals surface area contributed by atoms with Crippen molar-refractivity contribution in [1.29, 1.82) is 0 Å². The number of hydrogen-bond acceptors (Lipinski definition) is 6. The predicted molar refractivity (Wildman–Crippen MR) is 79.1 cm³/mol. The highest BCUT2D eigenvalue weighted by atomic mass is 16.5. The number of carbonyl (C=O) groups excluding carboxylic acids is 1. The monoisotopic (exact) mass is 292 g/mol. The maximum Gasteiger partial charge on any atom is 0.342 e. The average Bonchev–Trinajstić information content (AvgIpc) is 2.83. The van der Waals surface area contributed by atoms with Crippen LogP contribution in [0.3, 0.4) is 0 Å². The van der Waals surface area contributed by atoms with Crippen LogP contribution >= 0.6 is 0 Å². The summed E-state index contributed by atoms with van der Waals surface area (Å²) in [5, 5.41) is 4.91. The lowest BCUT2D eigenvalue weighted by atomic mass is 10.1. The second kappa shape index (κ2) is 6.53. The first-order valence-electron chi connectivity index (χ1n) is 6.96. The molecule has 2 aromatic rings. The van der Waals surface area contributed by atoms with Crippen molar-refractivity contribution in [2.45, 2.75) is 27.3 Å². The number of carbonyl (C=O) groups is 1. The molecule has 2 heterocycles. The Morgan fingerprint density at radius 3 is 2.81 bits per heavy atom. The van der Waals surface area contributed by atoms with Gasteiger partial charge in [-0.25, -0.2) is 14.5 Å². The van der Waals surface area contributed by atoms with Crippen LogP contribution < -0.4 is 5.73 Å². The van der Waals surface area contributed by atoms with E-state index >= 15 is 0 Å². The highest BCUT2D eigenvalue weighted by Crippen LogP contribution is 2.26. The number of fused-ring (bicyclic) bond motifs is 1. The van der Waals surface area contributed by atoms with E-state index in [2.05, 4.69) is 10.1 Å². The van der Waals surface area contributed by atoms with Crippen LogP contribution in [0.5, 0.6) is 0 Å². The molecule has 0 bridgehead atoms. The zero-order valence-electron chi connectivity index (χ0n) is 12.5. The SMILES string of the molecule is CCOCCn1ncc2c(N)c(C(=O)OCC)c(C)nc21. The van der Waals surface area contributed by atoms with Gasteiger partial charge < -0.3 is 15.2 Å². The fraction of sp³-hybridized carbons (Fsp3) is 0.500. The molecule has 2 rings (SSSR count). The first kappa shape index (κ1) is 15.2. The molecule has 0 radical (unpaired) electrons. The minimum absolute atomic E-state index is 0.295. The Bertz CT molecular complexity index is 651. The number of rotatable bonds is 6. The molecular weight excluding hydrogens is 272 g/mol. The Morgan fingerprint density at radius 2 is 2.14 bits per heavy atom. The Balaban J connectivity index is 2.42. The third kappa shape index (κ3) is 2.97. The largest absolute Gasteiger partial charge is 0.462 e. The number of esters is 1. The normalized spacial score (nSPS) is 11.0. The van der Waals surface area contributed by atoms with E-state index in [9.17, 15) is 4.79 Å². The van der Waals surface area contributed by atoms with E-state index in [-0.39, 0.29) is 0 Å². The summed E-state index contributed by atoms with van der Waals surface area (Å²) in [6.07, 6.45) is 1.62. The number of aromatic nitrogens is 3. The van der Waals surface area contributed by atoms with Gasteiger partial charge in [0.25, 0.3) is 0 Å². The summed E-state index contributed by atoms with van der Waals surface area (Å²) in [5.41, 5.74) is 7.96. The number of hydrogen-bond donors (Lipinski definition) is 1. The molecule has 0 unspecified atom stereocenters. The van der Waals surface area contributed by atoms with Gasteiger partial charge in [0.15, 0.2) is 5.65 Å². The van der Waals surface area contributed by atoms with Crippen LogP contribution in [0.4, 0.5) is 5.69 Å². The van der Waals surface area contributed by atoms with Gasteiger partial charge in [-0.3, -0.25) is 0 Å². The van der Waals surface area contributed by atoms with E-state index in [1.165, 1.54) is 0 Å². The van der Waals surface area contributed by atoms with Crippen molar-refractivity contribution in [2.24, 2.45) is 0 Å². The van der Waals surface area contributed by atoms with Gasteiger partial charge in [0.05, 0.1) is 42.7 Å². The van der Waals surface area contributed by atoms with E-state index in [0.29, 0.717) is 54.3 Å². The summed E-state index contributed by atoms with van der Waals surface area (Å²) in [6, 6.07) is 0. The van der Waals surface area contributed by atoms with Crippen LogP contribution in [0.1, 0.15) is 29.9 Å². The number of ether oxygens (including phenoxy) is 2. The molecule has 7 nitrogen and oxygen atoms in total. The molecule has 0 saturated carbocycles. The Hall–Kier alpha value is -2.15. The van der Waals surface area contributed by atoms with Gasteiger partial charge in [-0.05, 0) is 20.8 Å². The first-order valence-corrected chi connectivity index (χ1v) is 6.96. The van der Waals surface area contributed by atoms with Crippen LogP contribution in [-0.2, 0) is 16.0 Å². The topological polar surface area (TPSA) is 92.3 Å². The van der Waals surface area contributed by atoms with Gasteiger partial charge in [-0.1, -0.05) is 0 Å². The number of anilines is 1. The lowest BCUT2D eigenvalue weighted by Crippen LogP contribution is -2.13. The molecule has 2 aromatic heterocycles. The summed E-state index contributed by atoms with van der Waals surface area (Å²) in [7, 11) is 0. The molecule has 2 N–H and O–H groups in total. The minimum atomic E-state index is -0.455. The fourth-order valence-electron chi connectivity index (χ4n) is 2.15. The predicted octanol–water partition coefficient (Wildman–Crippen LogP) is 1.54. The molecule has 0 amide bonds. The molecule has 0 aromatic carbocycles. The fourth-order valence-corrected chi connectivity index (χ4v) is 2.15. The molecule has 0 aliphatic heterocycles. The van der Waals surface area contributed by atoms with Crippen LogP contribution in [0.2, 0.25) is 0 Å². The smallest absolute Gasteiger partial charge is 0.342 e. The van der Waals surface area contributed by atoms with E-state index < -0.39 is 5.97 Å². The van der Waals surface area contributed by atoms with Crippen molar-refractivity contribution in [1.82, 2.24) is 14.8 Å². The maximum atomic E-state index is 12.0. The lowest BCUT2D eigenvalue weighted by molar-refractivity contribution is 0.0526. The van der Waals surface area contributed by atoms with Crippen molar-refractivity contribution in [3.8, 4) is 0 Å². The van der Waals surface area contributed by atoms with Gasteiger partial charge in [0.2, 0.25) is 0 Å². The van der Waals surface area contributed by atoms with Gasteiger partial charge in [0.1, 0.15) is 5.56 Å². The molecule has 7 heteroatoms. The average molecular weight is 292 g/mol. The second-order valence-corrected chi connectivity index (χ2v) is 4.51. The quantitative estimate of drug-likeness (QED) is 0.641. The molecule has 114 valence electrons. The van der Waals surface area contributed by atoms with Gasteiger partial charge in [0, 0.05) is 6.61 Å². The Labute approximate surface area is 123 Å². The number of pyridine rings is 1. The highest BCUT2D eigenvalue weighted by Gasteiger charge is 2.20. The van der Waals surface area contributed by atoms with E-state index in [0.717, 1.165) is 0 Å². The van der Waals surface area contributed by atoms with Crippen molar-refractivity contribution in [2.75, 3.05) is 25.6 Å². The van der Waals surface area contributed by atoms with Crippen molar-refractivity contribution in [3.05, 3.63) is 17.5 Å². The molecule has 0 saturated heterocycles. The first-order chi connectivity index (χ1) is 10.1. The third-order valence-electron chi connectivity index (χ3n) is 3.14. The van der Waals surface area contributed by atoms with Crippen LogP contribution in [0.25, 0.3) is 11.0 Å². The van der Waals surface area contributed by atoms with Crippen molar-refractivity contribution < 1.29 is 14.3 Å². The maximum absolute atomic E-state index is 12.0. The zero-order chi connectivity index (χ0) is 15.4. The van der Waals surface area contributed by atoms with Crippen molar-refractivity contribution in [3.63, 3.8) is 0 Å². The molecular formula is C14H20N4O3. The van der Waals surface area contributed by atoms with E-state index in [4.69, 9.17) is 15.2 Å². The number of nitrogens with zero attached hydrogens (tertiary/aromatic N) is 3. The lowest BCUT2D eigenvalue weighted by Gasteiger charge is -2.10. The number of nitrogen functional groups attached to an aromatic ring is 1. The standard InChI is InChI=1S/C14H20N4O3/c1-4-20-7-6-18-13-10(8-16-18)12(15)11(9(3)17-13)14(19)21-5-2/h8H,4-7H2,1-3H3,(H2,15,17). The highest BCUT2D eigenvalue weighted by molar-refractivity contribution is 6.04. The molecule has 0 aliphatic rings. The summed E-state index contributed by atoms with van der Waals surface area (Å²) in [5.74, 6) is -0.455. The number of aryl methyl sites for hydroxylation is 1. The summed E-state index contributed by atoms with van der Waals surface area (Å²) in [6.45, 7) is 7.51. The molecule has 0 fully saturated rings. The summed E-state index contributed by atoms with van der Waals surface area (Å²) < 4.78 is 12.1. The number of nitrogens with two attached hydrogens (primary N) is 1. The zero-order valence-corrected chi connectivity index (χ0v) is 12.5. The summed E-state index contributed by atoms with van der Waals surface area (Å²) >= 11 is 0. The van der Waals surface area contributed by atoms with Crippen LogP contribution in [0, 0.1) is 6.92 Å². The molecule has 0 spiro atoms. The van der Waals surface area contributed by atoms with E-state index in [1.54, 1.807) is 24.7 Å².